The molecule has 0 radical (unpaired) electrons. The first-order valence-corrected chi connectivity index (χ1v) is 16.0. The molecule has 1 atom stereocenters. The minimum atomic E-state index is -5.08. The van der Waals surface area contributed by atoms with Crippen molar-refractivity contribution in [1.82, 2.24) is 20.0 Å². The highest BCUT2D eigenvalue weighted by Crippen LogP contribution is 2.35. The Morgan fingerprint density at radius 2 is 1.84 bits per heavy atom. The Kier molecular flexibility index (Phi) is 10.6. The van der Waals surface area contributed by atoms with Crippen LogP contribution in [0.1, 0.15) is 24.0 Å². The average molecular weight is 688 g/mol. The summed E-state index contributed by atoms with van der Waals surface area (Å²) >= 11 is 6.93. The number of nitrogens with zero attached hydrogens (tertiary/aromatic N) is 3. The van der Waals surface area contributed by atoms with Crippen molar-refractivity contribution in [2.45, 2.75) is 42.4 Å². The van der Waals surface area contributed by atoms with Crippen LogP contribution in [-0.4, -0.2) is 73.0 Å². The number of alkyl halides is 3. The summed E-state index contributed by atoms with van der Waals surface area (Å²) in [5.74, 6) is -2.04. The van der Waals surface area contributed by atoms with E-state index in [0.29, 0.717) is 34.1 Å². The molecule has 3 heterocycles. The Morgan fingerprint density at radius 3 is 2.44 bits per heavy atom. The second kappa shape index (κ2) is 14.1. The number of ether oxygens (including phenoxy) is 1. The van der Waals surface area contributed by atoms with Crippen LogP contribution >= 0.6 is 22.9 Å². The number of amides is 1. The second-order valence-corrected chi connectivity index (χ2v) is 13.6. The van der Waals surface area contributed by atoms with Crippen molar-refractivity contribution in [2.24, 2.45) is 0 Å². The molecule has 242 valence electrons. The molecule has 0 aliphatic carbocycles. The van der Waals surface area contributed by atoms with E-state index >= 15 is 0 Å². The van der Waals surface area contributed by atoms with Gasteiger partial charge in [0.05, 0.1) is 34.9 Å². The summed E-state index contributed by atoms with van der Waals surface area (Å²) in [5.41, 5.74) is 2.65. The van der Waals surface area contributed by atoms with Crippen LogP contribution in [-0.2, 0) is 32.7 Å². The van der Waals surface area contributed by atoms with Gasteiger partial charge in [-0.3, -0.25) is 19.1 Å². The first kappa shape index (κ1) is 34.0. The number of carboxylic acid groups (broad SMARTS) is 1. The smallest absolute Gasteiger partial charge is 0.490 e. The zero-order valence-corrected chi connectivity index (χ0v) is 26.4. The SMILES string of the molecule is COc1cccc2c1c(NS(=O)(=O)c1ccc(Cl)s1)nn2Cc1cccc(CNC(=O)[C@@H]2CCCN2C)c1.O=C(O)C(F)(F)F. The summed E-state index contributed by atoms with van der Waals surface area (Å²) in [7, 11) is -0.383. The highest BCUT2D eigenvalue weighted by atomic mass is 35.5. The van der Waals surface area contributed by atoms with Gasteiger partial charge in [0.25, 0.3) is 10.0 Å². The number of sulfonamides is 1. The van der Waals surface area contributed by atoms with Gasteiger partial charge < -0.3 is 15.2 Å². The molecule has 2 aromatic carbocycles. The number of thiophene rings is 1. The van der Waals surface area contributed by atoms with E-state index in [1.807, 2.05) is 43.4 Å². The van der Waals surface area contributed by atoms with Crippen molar-refractivity contribution in [3.05, 3.63) is 70.1 Å². The maximum Gasteiger partial charge on any atom is 0.490 e. The number of hydrogen-bond acceptors (Lipinski definition) is 8. The van der Waals surface area contributed by atoms with Gasteiger partial charge in [0.15, 0.2) is 5.82 Å². The van der Waals surface area contributed by atoms with E-state index in [2.05, 4.69) is 20.0 Å². The van der Waals surface area contributed by atoms with E-state index < -0.39 is 22.2 Å². The third-order valence-electron chi connectivity index (χ3n) is 6.86. The van der Waals surface area contributed by atoms with Gasteiger partial charge >= 0.3 is 12.1 Å². The second-order valence-electron chi connectivity index (χ2n) is 10.0. The average Bonchev–Trinajstić information content (AvgIpc) is 3.71. The molecule has 1 aliphatic heterocycles. The number of aromatic nitrogens is 2. The van der Waals surface area contributed by atoms with Crippen LogP contribution < -0.4 is 14.8 Å². The summed E-state index contributed by atoms with van der Waals surface area (Å²) in [4.78, 5) is 23.6. The lowest BCUT2D eigenvalue weighted by Crippen LogP contribution is -2.41. The number of anilines is 1. The summed E-state index contributed by atoms with van der Waals surface area (Å²) in [6, 6.07) is 16.3. The predicted molar refractivity (Wildman–Crippen MR) is 163 cm³/mol. The number of carbonyl (C=O) groups is 2. The van der Waals surface area contributed by atoms with Gasteiger partial charge in [0.1, 0.15) is 9.96 Å². The van der Waals surface area contributed by atoms with E-state index in [1.165, 1.54) is 13.2 Å². The van der Waals surface area contributed by atoms with Crippen molar-refractivity contribution in [2.75, 3.05) is 25.4 Å². The predicted octanol–water partition coefficient (Wildman–Crippen LogP) is 4.95. The Hall–Kier alpha value is -3.86. The number of methoxy groups -OCH3 is 1. The van der Waals surface area contributed by atoms with E-state index in [9.17, 15) is 26.4 Å². The van der Waals surface area contributed by atoms with Crippen molar-refractivity contribution >= 4 is 61.6 Å². The molecule has 2 aromatic heterocycles. The van der Waals surface area contributed by atoms with Crippen molar-refractivity contribution < 1.29 is 41.0 Å². The number of likely N-dealkylation sites (tertiary alicyclic amines) is 1. The zero-order chi connectivity index (χ0) is 32.9. The molecule has 1 amide bonds. The number of likely N-dealkylation sites (N-methyl/N-ethyl adjacent to an activating group) is 1. The quantitative estimate of drug-likeness (QED) is 0.224. The van der Waals surface area contributed by atoms with Crippen LogP contribution in [0.2, 0.25) is 4.34 Å². The van der Waals surface area contributed by atoms with E-state index in [1.54, 1.807) is 16.8 Å². The van der Waals surface area contributed by atoms with Crippen molar-refractivity contribution in [3.63, 3.8) is 0 Å². The van der Waals surface area contributed by atoms with Crippen molar-refractivity contribution in [3.8, 4) is 5.75 Å². The molecule has 11 nitrogen and oxygen atoms in total. The third-order valence-corrected chi connectivity index (χ3v) is 9.92. The number of carbonyl (C=O) groups excluding carboxylic acids is 1. The molecule has 1 saturated heterocycles. The molecule has 45 heavy (non-hydrogen) atoms. The van der Waals surface area contributed by atoms with E-state index in [-0.39, 0.29) is 22.0 Å². The Bertz CT molecular complexity index is 1790. The van der Waals surface area contributed by atoms with Gasteiger partial charge in [0, 0.05) is 6.54 Å². The first-order chi connectivity index (χ1) is 21.2. The molecule has 0 bridgehead atoms. The monoisotopic (exact) mass is 687 g/mol. The third kappa shape index (κ3) is 8.45. The lowest BCUT2D eigenvalue weighted by atomic mass is 10.1. The van der Waals surface area contributed by atoms with Crippen LogP contribution in [0.4, 0.5) is 19.0 Å². The fourth-order valence-corrected chi connectivity index (χ4v) is 7.23. The highest BCUT2D eigenvalue weighted by molar-refractivity contribution is 7.94. The lowest BCUT2D eigenvalue weighted by Gasteiger charge is -2.18. The van der Waals surface area contributed by atoms with Gasteiger partial charge in [-0.2, -0.15) is 18.3 Å². The number of aliphatic carboxylic acids is 1. The fraction of sp³-hybridized carbons (Fsp3) is 0.321. The van der Waals surface area contributed by atoms with Gasteiger partial charge in [0.2, 0.25) is 5.91 Å². The molecule has 17 heteroatoms. The Balaban J connectivity index is 0.000000591. The number of halogens is 4. The summed E-state index contributed by atoms with van der Waals surface area (Å²) in [6.07, 6.45) is -3.17. The number of hydrogen-bond donors (Lipinski definition) is 3. The van der Waals surface area contributed by atoms with Crippen LogP contribution in [0.25, 0.3) is 10.9 Å². The summed E-state index contributed by atoms with van der Waals surface area (Å²) in [5, 5.41) is 15.4. The molecule has 0 saturated carbocycles. The number of nitrogens with one attached hydrogen (secondary N) is 2. The fourth-order valence-electron chi connectivity index (χ4n) is 4.74. The highest BCUT2D eigenvalue weighted by Gasteiger charge is 2.38. The summed E-state index contributed by atoms with van der Waals surface area (Å²) in [6.45, 7) is 1.76. The molecule has 0 spiro atoms. The molecule has 1 fully saturated rings. The normalized spacial score (nSPS) is 15.4. The maximum atomic E-state index is 13.0. The number of carboxylic acids is 1. The first-order valence-electron chi connectivity index (χ1n) is 13.4. The molecule has 1 aliphatic rings. The van der Waals surface area contributed by atoms with Gasteiger partial charge in [-0.25, -0.2) is 13.2 Å². The van der Waals surface area contributed by atoms with Crippen LogP contribution in [0.15, 0.2) is 58.8 Å². The topological polar surface area (TPSA) is 143 Å². The van der Waals surface area contributed by atoms with Crippen molar-refractivity contribution in [1.29, 1.82) is 0 Å². The largest absolute Gasteiger partial charge is 0.496 e. The maximum absolute atomic E-state index is 13.0. The van der Waals surface area contributed by atoms with Crippen LogP contribution in [0, 0.1) is 0 Å². The zero-order valence-electron chi connectivity index (χ0n) is 24.0. The molecule has 0 unspecified atom stereocenters. The molecule has 4 aromatic rings. The van der Waals surface area contributed by atoms with E-state index in [0.717, 1.165) is 41.9 Å². The van der Waals surface area contributed by atoms with Crippen LogP contribution in [0.5, 0.6) is 5.75 Å². The summed E-state index contributed by atoms with van der Waals surface area (Å²) < 4.78 is 68.1. The molecule has 3 N–H and O–H groups in total. The Labute approximate surface area is 265 Å². The van der Waals surface area contributed by atoms with E-state index in [4.69, 9.17) is 26.2 Å². The number of benzene rings is 2. The van der Waals surface area contributed by atoms with Crippen LogP contribution in [0.3, 0.4) is 0 Å². The van der Waals surface area contributed by atoms with Gasteiger partial charge in [-0.05, 0) is 61.8 Å². The minimum Gasteiger partial charge on any atom is -0.496 e. The van der Waals surface area contributed by atoms with Gasteiger partial charge in [-0.1, -0.05) is 41.9 Å². The number of rotatable bonds is 9. The lowest BCUT2D eigenvalue weighted by molar-refractivity contribution is -0.192. The standard InChI is InChI=1S/C26H28ClN5O4S2.C2HF3O2/c1-31-13-5-9-20(31)26(33)28-15-17-6-3-7-18(14-17)16-32-19-8-4-10-21(36-2)24(19)25(29-32)30-38(34,35)23-12-11-22(27)37-23;3-2(4,5)1(6)7/h3-4,6-8,10-12,14,20H,5,9,13,15-16H2,1-2H3,(H,28,33)(H,29,30);(H,6,7)/t20-;/m0./s1. The number of fused-ring (bicyclic) bond motifs is 1. The Morgan fingerprint density at radius 1 is 1.16 bits per heavy atom. The van der Waals surface area contributed by atoms with Gasteiger partial charge in [-0.15, -0.1) is 11.3 Å². The molecular weight excluding hydrogens is 659 g/mol. The minimum absolute atomic E-state index is 0.0459. The molecule has 5 rings (SSSR count). The molecular formula is C28H29ClF3N5O6S2.